The van der Waals surface area contributed by atoms with Crippen molar-refractivity contribution >= 4 is 12.0 Å². The van der Waals surface area contributed by atoms with Crippen molar-refractivity contribution in [1.29, 1.82) is 0 Å². The summed E-state index contributed by atoms with van der Waals surface area (Å²) >= 11 is 0. The molecule has 2 rings (SSSR count). The lowest BCUT2D eigenvalue weighted by atomic mass is 9.81. The first-order chi connectivity index (χ1) is 8.10. The molecule has 2 fully saturated rings. The number of hydrogen-bond donors (Lipinski definition) is 3. The molecular formula is C11H17N3O3. The van der Waals surface area contributed by atoms with Crippen molar-refractivity contribution < 1.29 is 14.7 Å². The zero-order valence-corrected chi connectivity index (χ0v) is 9.61. The van der Waals surface area contributed by atoms with E-state index in [9.17, 15) is 14.7 Å². The SMILES string of the molecule is C=CCNC(=O)N1C[C@@H]2CNC[C@]2(C(=O)O)C1. The second kappa shape index (κ2) is 4.37. The second-order valence-corrected chi connectivity index (χ2v) is 4.64. The van der Waals surface area contributed by atoms with Crippen LogP contribution in [0, 0.1) is 11.3 Å². The predicted molar refractivity (Wildman–Crippen MR) is 61.6 cm³/mol. The monoisotopic (exact) mass is 239 g/mol. The number of likely N-dealkylation sites (tertiary alicyclic amines) is 1. The molecule has 0 aromatic heterocycles. The van der Waals surface area contributed by atoms with Crippen LogP contribution in [-0.4, -0.2) is 54.7 Å². The first-order valence-electron chi connectivity index (χ1n) is 5.68. The van der Waals surface area contributed by atoms with Crippen LogP contribution >= 0.6 is 0 Å². The molecule has 2 amide bonds. The molecule has 2 heterocycles. The molecule has 6 heteroatoms. The summed E-state index contributed by atoms with van der Waals surface area (Å²) in [7, 11) is 0. The summed E-state index contributed by atoms with van der Waals surface area (Å²) < 4.78 is 0. The lowest BCUT2D eigenvalue weighted by Crippen LogP contribution is -2.44. The Kier molecular flexibility index (Phi) is 3.06. The minimum Gasteiger partial charge on any atom is -0.481 e. The molecule has 2 saturated heterocycles. The van der Waals surface area contributed by atoms with E-state index >= 15 is 0 Å². The zero-order valence-electron chi connectivity index (χ0n) is 9.61. The van der Waals surface area contributed by atoms with Crippen molar-refractivity contribution in [3.05, 3.63) is 12.7 Å². The number of carboxylic acids is 1. The third-order valence-electron chi connectivity index (χ3n) is 3.64. The van der Waals surface area contributed by atoms with Gasteiger partial charge < -0.3 is 20.6 Å². The normalized spacial score (nSPS) is 31.1. The molecule has 0 radical (unpaired) electrons. The van der Waals surface area contributed by atoms with E-state index in [4.69, 9.17) is 0 Å². The van der Waals surface area contributed by atoms with Crippen LogP contribution < -0.4 is 10.6 Å². The van der Waals surface area contributed by atoms with Crippen LogP contribution in [0.5, 0.6) is 0 Å². The van der Waals surface area contributed by atoms with E-state index in [0.29, 0.717) is 26.2 Å². The van der Waals surface area contributed by atoms with Crippen LogP contribution in [0.3, 0.4) is 0 Å². The number of carboxylic acid groups (broad SMARTS) is 1. The number of aliphatic carboxylic acids is 1. The Balaban J connectivity index is 2.05. The van der Waals surface area contributed by atoms with Gasteiger partial charge in [0, 0.05) is 38.6 Å². The van der Waals surface area contributed by atoms with Crippen LogP contribution in [-0.2, 0) is 4.79 Å². The highest BCUT2D eigenvalue weighted by Crippen LogP contribution is 2.39. The molecule has 0 aromatic rings. The van der Waals surface area contributed by atoms with Crippen LogP contribution in [0.15, 0.2) is 12.7 Å². The lowest BCUT2D eigenvalue weighted by Gasteiger charge is -2.22. The van der Waals surface area contributed by atoms with E-state index in [-0.39, 0.29) is 18.5 Å². The molecule has 0 aromatic carbocycles. The summed E-state index contributed by atoms with van der Waals surface area (Å²) in [6, 6.07) is -0.208. The number of carbonyl (C=O) groups is 2. The van der Waals surface area contributed by atoms with Gasteiger partial charge in [0.2, 0.25) is 0 Å². The van der Waals surface area contributed by atoms with E-state index in [2.05, 4.69) is 17.2 Å². The quantitative estimate of drug-likeness (QED) is 0.579. The van der Waals surface area contributed by atoms with E-state index in [0.717, 1.165) is 0 Å². The third kappa shape index (κ3) is 1.88. The fourth-order valence-electron chi connectivity index (χ4n) is 2.65. The Labute approximate surface area is 99.7 Å². The number of carbonyl (C=O) groups excluding carboxylic acids is 1. The Morgan fingerprint density at radius 2 is 2.41 bits per heavy atom. The maximum atomic E-state index is 11.8. The Hall–Kier alpha value is -1.56. The molecule has 2 aliphatic rings. The van der Waals surface area contributed by atoms with E-state index in [1.165, 1.54) is 0 Å². The van der Waals surface area contributed by atoms with Crippen molar-refractivity contribution in [2.75, 3.05) is 32.7 Å². The van der Waals surface area contributed by atoms with Gasteiger partial charge in [0.15, 0.2) is 0 Å². The Morgan fingerprint density at radius 3 is 3.00 bits per heavy atom. The summed E-state index contributed by atoms with van der Waals surface area (Å²) in [5.41, 5.74) is -0.800. The van der Waals surface area contributed by atoms with Gasteiger partial charge in [-0.1, -0.05) is 6.08 Å². The minimum absolute atomic E-state index is 0.00878. The molecular weight excluding hydrogens is 222 g/mol. The van der Waals surface area contributed by atoms with E-state index in [1.54, 1.807) is 11.0 Å². The largest absolute Gasteiger partial charge is 0.481 e. The van der Waals surface area contributed by atoms with Gasteiger partial charge in [0.25, 0.3) is 0 Å². The van der Waals surface area contributed by atoms with E-state index < -0.39 is 11.4 Å². The molecule has 6 nitrogen and oxygen atoms in total. The molecule has 0 saturated carbocycles. The zero-order chi connectivity index (χ0) is 12.5. The highest BCUT2D eigenvalue weighted by atomic mass is 16.4. The smallest absolute Gasteiger partial charge is 0.317 e. The average Bonchev–Trinajstić information content (AvgIpc) is 2.82. The van der Waals surface area contributed by atoms with Gasteiger partial charge in [-0.2, -0.15) is 0 Å². The maximum Gasteiger partial charge on any atom is 0.317 e. The van der Waals surface area contributed by atoms with Crippen molar-refractivity contribution in [2.45, 2.75) is 0 Å². The van der Waals surface area contributed by atoms with Gasteiger partial charge in [0.1, 0.15) is 5.41 Å². The van der Waals surface area contributed by atoms with Crippen molar-refractivity contribution in [3.63, 3.8) is 0 Å². The highest BCUT2D eigenvalue weighted by molar-refractivity contribution is 5.81. The van der Waals surface area contributed by atoms with Gasteiger partial charge in [-0.25, -0.2) is 4.79 Å². The fraction of sp³-hybridized carbons (Fsp3) is 0.636. The van der Waals surface area contributed by atoms with E-state index in [1.807, 2.05) is 0 Å². The average molecular weight is 239 g/mol. The molecule has 17 heavy (non-hydrogen) atoms. The molecule has 0 bridgehead atoms. The molecule has 0 spiro atoms. The second-order valence-electron chi connectivity index (χ2n) is 4.64. The van der Waals surface area contributed by atoms with Crippen molar-refractivity contribution in [2.24, 2.45) is 11.3 Å². The molecule has 0 unspecified atom stereocenters. The summed E-state index contributed by atoms with van der Waals surface area (Å²) in [6.45, 7) is 5.81. The van der Waals surface area contributed by atoms with Crippen molar-refractivity contribution in [1.82, 2.24) is 15.5 Å². The van der Waals surface area contributed by atoms with Crippen LogP contribution in [0.4, 0.5) is 4.79 Å². The number of nitrogens with zero attached hydrogens (tertiary/aromatic N) is 1. The number of nitrogens with one attached hydrogen (secondary N) is 2. The van der Waals surface area contributed by atoms with Gasteiger partial charge in [-0.05, 0) is 0 Å². The van der Waals surface area contributed by atoms with Crippen molar-refractivity contribution in [3.8, 4) is 0 Å². The summed E-state index contributed by atoms with van der Waals surface area (Å²) in [5, 5.41) is 15.1. The molecule has 3 N–H and O–H groups in total. The van der Waals surface area contributed by atoms with Gasteiger partial charge in [-0.3, -0.25) is 4.79 Å². The van der Waals surface area contributed by atoms with Crippen LogP contribution in [0.1, 0.15) is 0 Å². The number of urea groups is 1. The fourth-order valence-corrected chi connectivity index (χ4v) is 2.65. The molecule has 2 aliphatic heterocycles. The standard InChI is InChI=1S/C11H17N3O3/c1-2-3-13-10(17)14-5-8-4-12-6-11(8,7-14)9(15)16/h2,8,12H,1,3-7H2,(H,13,17)(H,15,16)/t8-,11-/m0/s1. The van der Waals surface area contributed by atoms with Crippen LogP contribution in [0.25, 0.3) is 0 Å². The summed E-state index contributed by atoms with van der Waals surface area (Å²) in [6.07, 6.45) is 1.60. The Morgan fingerprint density at radius 1 is 1.65 bits per heavy atom. The number of rotatable bonds is 3. The maximum absolute atomic E-state index is 11.8. The van der Waals surface area contributed by atoms with Gasteiger partial charge in [0.05, 0.1) is 0 Å². The Bertz CT molecular complexity index is 358. The van der Waals surface area contributed by atoms with Gasteiger partial charge in [-0.15, -0.1) is 6.58 Å². The number of amides is 2. The minimum atomic E-state index is -0.813. The number of hydrogen-bond acceptors (Lipinski definition) is 3. The van der Waals surface area contributed by atoms with Crippen LogP contribution in [0.2, 0.25) is 0 Å². The molecule has 2 atom stereocenters. The number of fused-ring (bicyclic) bond motifs is 1. The first-order valence-corrected chi connectivity index (χ1v) is 5.68. The van der Waals surface area contributed by atoms with Gasteiger partial charge >= 0.3 is 12.0 Å². The summed E-state index contributed by atoms with van der Waals surface area (Å²) in [5.74, 6) is -0.805. The molecule has 94 valence electrons. The third-order valence-corrected chi connectivity index (χ3v) is 3.64. The highest BCUT2D eigenvalue weighted by Gasteiger charge is 2.56. The molecule has 0 aliphatic carbocycles. The topological polar surface area (TPSA) is 81.7 Å². The predicted octanol–water partition coefficient (Wildman–Crippen LogP) is -0.512. The summed E-state index contributed by atoms with van der Waals surface area (Å²) in [4.78, 5) is 24.7. The first kappa shape index (κ1) is 11.9. The lowest BCUT2D eigenvalue weighted by molar-refractivity contribution is -0.148.